The fraction of sp³-hybridized carbons (Fsp3) is 0.500. The SMILES string of the molecule is CCC(C)NC(C)(C(=O)OC)c1ccccc1Br. The second-order valence-corrected chi connectivity index (χ2v) is 5.40. The molecule has 0 radical (unpaired) electrons. The molecule has 18 heavy (non-hydrogen) atoms. The first-order valence-electron chi connectivity index (χ1n) is 6.06. The van der Waals surface area contributed by atoms with Crippen molar-refractivity contribution in [2.75, 3.05) is 7.11 Å². The number of carbonyl (C=O) groups is 1. The summed E-state index contributed by atoms with van der Waals surface area (Å²) in [7, 11) is 1.41. The molecule has 0 aliphatic rings. The molecule has 0 spiro atoms. The van der Waals surface area contributed by atoms with Gasteiger partial charge in [0.1, 0.15) is 5.54 Å². The number of benzene rings is 1. The molecule has 0 heterocycles. The molecule has 0 saturated heterocycles. The molecule has 1 rings (SSSR count). The van der Waals surface area contributed by atoms with Crippen LogP contribution in [0.1, 0.15) is 32.8 Å². The van der Waals surface area contributed by atoms with E-state index in [1.165, 1.54) is 7.11 Å². The van der Waals surface area contributed by atoms with Crippen molar-refractivity contribution in [2.45, 2.75) is 38.8 Å². The summed E-state index contributed by atoms with van der Waals surface area (Å²) in [5, 5.41) is 3.35. The third kappa shape index (κ3) is 3.12. The molecule has 1 aromatic carbocycles. The van der Waals surface area contributed by atoms with Crippen molar-refractivity contribution >= 4 is 21.9 Å². The Morgan fingerprint density at radius 1 is 1.50 bits per heavy atom. The minimum Gasteiger partial charge on any atom is -0.467 e. The van der Waals surface area contributed by atoms with Gasteiger partial charge >= 0.3 is 5.97 Å². The number of rotatable bonds is 5. The summed E-state index contributed by atoms with van der Waals surface area (Å²) in [5.41, 5.74) is 0.0433. The van der Waals surface area contributed by atoms with Crippen LogP contribution in [0, 0.1) is 0 Å². The highest BCUT2D eigenvalue weighted by atomic mass is 79.9. The van der Waals surface area contributed by atoms with E-state index in [0.29, 0.717) is 0 Å². The first-order chi connectivity index (χ1) is 8.45. The Balaban J connectivity index is 3.20. The number of carbonyl (C=O) groups excluding carboxylic acids is 1. The molecule has 0 bridgehead atoms. The number of hydrogen-bond donors (Lipinski definition) is 1. The van der Waals surface area contributed by atoms with Crippen LogP contribution in [-0.4, -0.2) is 19.1 Å². The Kier molecular flexibility index (Phi) is 5.35. The van der Waals surface area contributed by atoms with Crippen molar-refractivity contribution in [3.63, 3.8) is 0 Å². The molecular weight excluding hydrogens is 294 g/mol. The van der Waals surface area contributed by atoms with Crippen LogP contribution >= 0.6 is 15.9 Å². The molecule has 1 N–H and O–H groups in total. The summed E-state index contributed by atoms with van der Waals surface area (Å²) in [5.74, 6) is -0.283. The number of esters is 1. The van der Waals surface area contributed by atoms with Crippen molar-refractivity contribution < 1.29 is 9.53 Å². The molecule has 3 nitrogen and oxygen atoms in total. The van der Waals surface area contributed by atoms with Gasteiger partial charge in [-0.15, -0.1) is 0 Å². The topological polar surface area (TPSA) is 38.3 Å². The fourth-order valence-electron chi connectivity index (χ4n) is 1.91. The molecule has 2 atom stereocenters. The van der Waals surface area contributed by atoms with Crippen LogP contribution in [0.2, 0.25) is 0 Å². The lowest BCUT2D eigenvalue weighted by molar-refractivity contribution is -0.148. The van der Waals surface area contributed by atoms with E-state index in [4.69, 9.17) is 4.74 Å². The number of methoxy groups -OCH3 is 1. The minimum atomic E-state index is -0.843. The second kappa shape index (κ2) is 6.34. The number of hydrogen-bond acceptors (Lipinski definition) is 3. The maximum atomic E-state index is 12.1. The van der Waals surface area contributed by atoms with Crippen LogP contribution in [-0.2, 0) is 15.1 Å². The molecule has 0 aliphatic carbocycles. The Bertz CT molecular complexity index is 422. The summed E-state index contributed by atoms with van der Waals surface area (Å²) >= 11 is 3.49. The lowest BCUT2D eigenvalue weighted by Gasteiger charge is -2.32. The molecule has 0 saturated carbocycles. The summed E-state index contributed by atoms with van der Waals surface area (Å²) in [4.78, 5) is 12.1. The van der Waals surface area contributed by atoms with E-state index in [1.807, 2.05) is 31.2 Å². The van der Waals surface area contributed by atoms with Crippen LogP contribution in [0.15, 0.2) is 28.7 Å². The van der Waals surface area contributed by atoms with E-state index in [-0.39, 0.29) is 12.0 Å². The van der Waals surface area contributed by atoms with Crippen LogP contribution in [0.4, 0.5) is 0 Å². The molecule has 100 valence electrons. The Hall–Kier alpha value is -0.870. The number of ether oxygens (including phenoxy) is 1. The van der Waals surface area contributed by atoms with Gasteiger partial charge in [-0.3, -0.25) is 5.32 Å². The van der Waals surface area contributed by atoms with Gasteiger partial charge in [-0.05, 0) is 31.9 Å². The summed E-state index contributed by atoms with van der Waals surface area (Å²) in [6.45, 7) is 5.98. The lowest BCUT2D eigenvalue weighted by Crippen LogP contribution is -2.51. The van der Waals surface area contributed by atoms with Gasteiger partial charge in [-0.25, -0.2) is 4.79 Å². The molecule has 0 aromatic heterocycles. The maximum Gasteiger partial charge on any atom is 0.330 e. The smallest absolute Gasteiger partial charge is 0.330 e. The third-order valence-corrected chi connectivity index (χ3v) is 3.85. The number of halogens is 1. The first kappa shape index (κ1) is 15.2. The minimum absolute atomic E-state index is 0.223. The summed E-state index contributed by atoms with van der Waals surface area (Å²) < 4.78 is 5.84. The molecule has 0 aliphatic heterocycles. The maximum absolute atomic E-state index is 12.1. The lowest BCUT2D eigenvalue weighted by atomic mass is 9.91. The quantitative estimate of drug-likeness (QED) is 0.848. The number of nitrogens with one attached hydrogen (secondary N) is 1. The van der Waals surface area contributed by atoms with Gasteiger partial charge in [0.05, 0.1) is 7.11 Å². The van der Waals surface area contributed by atoms with E-state index >= 15 is 0 Å². The molecule has 2 unspecified atom stereocenters. The van der Waals surface area contributed by atoms with Gasteiger partial charge in [0, 0.05) is 10.5 Å². The van der Waals surface area contributed by atoms with E-state index in [0.717, 1.165) is 16.5 Å². The van der Waals surface area contributed by atoms with E-state index in [2.05, 4.69) is 35.1 Å². The molecule has 0 fully saturated rings. The van der Waals surface area contributed by atoms with Crippen LogP contribution in [0.5, 0.6) is 0 Å². The van der Waals surface area contributed by atoms with Crippen molar-refractivity contribution in [3.05, 3.63) is 34.3 Å². The van der Waals surface area contributed by atoms with E-state index in [9.17, 15) is 4.79 Å². The summed E-state index contributed by atoms with van der Waals surface area (Å²) in [6.07, 6.45) is 0.942. The standard InChI is InChI=1S/C14H20BrNO2/c1-5-10(2)16-14(3,13(17)18-4)11-8-6-7-9-12(11)15/h6-10,16H,5H2,1-4H3. The van der Waals surface area contributed by atoms with Gasteiger partial charge in [0.2, 0.25) is 0 Å². The zero-order valence-electron chi connectivity index (χ0n) is 11.3. The van der Waals surface area contributed by atoms with Crippen LogP contribution < -0.4 is 5.32 Å². The van der Waals surface area contributed by atoms with Gasteiger partial charge < -0.3 is 4.74 Å². The fourth-order valence-corrected chi connectivity index (χ4v) is 2.59. The van der Waals surface area contributed by atoms with Crippen molar-refractivity contribution in [3.8, 4) is 0 Å². The zero-order chi connectivity index (χ0) is 13.8. The Morgan fingerprint density at radius 3 is 2.61 bits per heavy atom. The zero-order valence-corrected chi connectivity index (χ0v) is 12.9. The molecule has 1 aromatic rings. The Morgan fingerprint density at radius 2 is 2.11 bits per heavy atom. The van der Waals surface area contributed by atoms with Gasteiger partial charge in [0.25, 0.3) is 0 Å². The van der Waals surface area contributed by atoms with Crippen LogP contribution in [0.3, 0.4) is 0 Å². The average molecular weight is 314 g/mol. The van der Waals surface area contributed by atoms with Crippen LogP contribution in [0.25, 0.3) is 0 Å². The molecule has 0 amide bonds. The van der Waals surface area contributed by atoms with Crippen molar-refractivity contribution in [2.24, 2.45) is 0 Å². The van der Waals surface area contributed by atoms with Gasteiger partial charge in [-0.2, -0.15) is 0 Å². The highest BCUT2D eigenvalue weighted by Crippen LogP contribution is 2.30. The van der Waals surface area contributed by atoms with E-state index < -0.39 is 5.54 Å². The predicted molar refractivity (Wildman–Crippen MR) is 76.4 cm³/mol. The van der Waals surface area contributed by atoms with Crippen molar-refractivity contribution in [1.82, 2.24) is 5.32 Å². The van der Waals surface area contributed by atoms with Gasteiger partial charge in [0.15, 0.2) is 0 Å². The monoisotopic (exact) mass is 313 g/mol. The Labute approximate surface area is 117 Å². The van der Waals surface area contributed by atoms with Crippen molar-refractivity contribution in [1.29, 1.82) is 0 Å². The average Bonchev–Trinajstić information content (AvgIpc) is 2.37. The first-order valence-corrected chi connectivity index (χ1v) is 6.86. The predicted octanol–water partition coefficient (Wildman–Crippen LogP) is 3.23. The molecule has 4 heteroatoms. The largest absolute Gasteiger partial charge is 0.467 e. The second-order valence-electron chi connectivity index (χ2n) is 4.55. The highest BCUT2D eigenvalue weighted by molar-refractivity contribution is 9.10. The molecular formula is C14H20BrNO2. The third-order valence-electron chi connectivity index (χ3n) is 3.15. The van der Waals surface area contributed by atoms with Gasteiger partial charge in [-0.1, -0.05) is 41.1 Å². The highest BCUT2D eigenvalue weighted by Gasteiger charge is 2.38. The summed E-state index contributed by atoms with van der Waals surface area (Å²) in [6, 6.07) is 7.92. The van der Waals surface area contributed by atoms with E-state index in [1.54, 1.807) is 0 Å². The normalized spacial score (nSPS) is 15.8.